The van der Waals surface area contributed by atoms with Gasteiger partial charge in [-0.15, -0.1) is 0 Å². The van der Waals surface area contributed by atoms with Crippen LogP contribution >= 0.6 is 0 Å². The summed E-state index contributed by atoms with van der Waals surface area (Å²) < 4.78 is 0. The van der Waals surface area contributed by atoms with Gasteiger partial charge in [-0.2, -0.15) is 0 Å². The predicted molar refractivity (Wildman–Crippen MR) is 38.6 cm³/mol. The Bertz CT molecular complexity index is 159. The second kappa shape index (κ2) is 2.97. The summed E-state index contributed by atoms with van der Waals surface area (Å²) in [5, 5.41) is 9.09. The molecule has 1 rings (SSSR count). The van der Waals surface area contributed by atoms with Crippen molar-refractivity contribution in [3.63, 3.8) is 0 Å². The molecule has 56 valence electrons. The Labute approximate surface area is 60.6 Å². The maximum absolute atomic E-state index is 11.0. The summed E-state index contributed by atoms with van der Waals surface area (Å²) in [5.41, 5.74) is 0. The van der Waals surface area contributed by atoms with Crippen molar-refractivity contribution in [1.82, 2.24) is 0 Å². The van der Waals surface area contributed by atoms with Crippen LogP contribution in [0.5, 0.6) is 0 Å². The Hall–Kier alpha value is -0.630. The highest BCUT2D eigenvalue weighted by atomic mass is 16.3. The molecule has 0 saturated carbocycles. The van der Waals surface area contributed by atoms with Crippen molar-refractivity contribution in [2.45, 2.75) is 25.9 Å². The fourth-order valence-corrected chi connectivity index (χ4v) is 1.22. The van der Waals surface area contributed by atoms with E-state index in [0.717, 1.165) is 12.8 Å². The standard InChI is InChI=1S/C8H12O2/c1-6(9)7-4-2-3-5-8(7)10/h3,5-7,9H,2,4H2,1H3/t6-,7+/m0/s1. The van der Waals surface area contributed by atoms with Gasteiger partial charge in [0.1, 0.15) is 0 Å². The molecular formula is C8H12O2. The summed E-state index contributed by atoms with van der Waals surface area (Å²) >= 11 is 0. The summed E-state index contributed by atoms with van der Waals surface area (Å²) in [6, 6.07) is 0. The van der Waals surface area contributed by atoms with Gasteiger partial charge < -0.3 is 5.11 Å². The Morgan fingerprint density at radius 3 is 2.90 bits per heavy atom. The van der Waals surface area contributed by atoms with Gasteiger partial charge in [0.15, 0.2) is 5.78 Å². The van der Waals surface area contributed by atoms with Crippen LogP contribution in [-0.2, 0) is 4.79 Å². The average Bonchev–Trinajstić information content (AvgIpc) is 1.88. The van der Waals surface area contributed by atoms with E-state index >= 15 is 0 Å². The molecule has 1 aliphatic rings. The maximum atomic E-state index is 11.0. The Balaban J connectivity index is 2.61. The number of ketones is 1. The van der Waals surface area contributed by atoms with Crippen molar-refractivity contribution in [2.24, 2.45) is 5.92 Å². The van der Waals surface area contributed by atoms with Crippen LogP contribution in [0.25, 0.3) is 0 Å². The lowest BCUT2D eigenvalue weighted by molar-refractivity contribution is -0.121. The van der Waals surface area contributed by atoms with Gasteiger partial charge in [0.25, 0.3) is 0 Å². The molecule has 0 amide bonds. The lowest BCUT2D eigenvalue weighted by Gasteiger charge is -2.18. The lowest BCUT2D eigenvalue weighted by Crippen LogP contribution is -2.26. The average molecular weight is 140 g/mol. The van der Waals surface area contributed by atoms with Gasteiger partial charge in [0.2, 0.25) is 0 Å². The normalized spacial score (nSPS) is 28.6. The van der Waals surface area contributed by atoms with Crippen molar-refractivity contribution in [3.8, 4) is 0 Å². The van der Waals surface area contributed by atoms with E-state index in [0.29, 0.717) is 0 Å². The second-order valence-electron chi connectivity index (χ2n) is 2.73. The maximum Gasteiger partial charge on any atom is 0.161 e. The fourth-order valence-electron chi connectivity index (χ4n) is 1.22. The van der Waals surface area contributed by atoms with Gasteiger partial charge in [-0.25, -0.2) is 0 Å². The molecule has 2 nitrogen and oxygen atoms in total. The minimum Gasteiger partial charge on any atom is -0.393 e. The molecule has 2 atom stereocenters. The SMILES string of the molecule is C[C@H](O)[C@H]1CCC=CC1=O. The highest BCUT2D eigenvalue weighted by molar-refractivity contribution is 5.92. The third-order valence-corrected chi connectivity index (χ3v) is 1.87. The summed E-state index contributed by atoms with van der Waals surface area (Å²) in [6.45, 7) is 1.67. The molecule has 0 saturated heterocycles. The van der Waals surface area contributed by atoms with Gasteiger partial charge in [-0.05, 0) is 25.8 Å². The molecule has 10 heavy (non-hydrogen) atoms. The Morgan fingerprint density at radius 2 is 2.50 bits per heavy atom. The molecule has 0 unspecified atom stereocenters. The van der Waals surface area contributed by atoms with Gasteiger partial charge in [0.05, 0.1) is 6.10 Å². The molecule has 1 N–H and O–H groups in total. The fraction of sp³-hybridized carbons (Fsp3) is 0.625. The summed E-state index contributed by atoms with van der Waals surface area (Å²) in [6.07, 6.45) is 4.66. The monoisotopic (exact) mass is 140 g/mol. The van der Waals surface area contributed by atoms with E-state index in [2.05, 4.69) is 0 Å². The van der Waals surface area contributed by atoms with Crippen LogP contribution in [-0.4, -0.2) is 17.0 Å². The lowest BCUT2D eigenvalue weighted by atomic mass is 9.89. The molecule has 0 spiro atoms. The topological polar surface area (TPSA) is 37.3 Å². The third kappa shape index (κ3) is 1.45. The number of rotatable bonds is 1. The quantitative estimate of drug-likeness (QED) is 0.587. The zero-order chi connectivity index (χ0) is 7.56. The third-order valence-electron chi connectivity index (χ3n) is 1.87. The van der Waals surface area contributed by atoms with Crippen LogP contribution in [0.4, 0.5) is 0 Å². The molecule has 1 aliphatic carbocycles. The second-order valence-corrected chi connectivity index (χ2v) is 2.73. The number of hydrogen-bond donors (Lipinski definition) is 1. The molecule has 0 fully saturated rings. The summed E-state index contributed by atoms with van der Waals surface area (Å²) in [7, 11) is 0. The van der Waals surface area contributed by atoms with Crippen molar-refractivity contribution >= 4 is 5.78 Å². The predicted octanol–water partition coefficient (Wildman–Crippen LogP) is 0.902. The minimum absolute atomic E-state index is 0.0706. The van der Waals surface area contributed by atoms with Crippen LogP contribution in [0.3, 0.4) is 0 Å². The molecular weight excluding hydrogens is 128 g/mol. The summed E-state index contributed by atoms with van der Waals surface area (Å²) in [4.78, 5) is 11.0. The van der Waals surface area contributed by atoms with E-state index in [1.54, 1.807) is 13.0 Å². The van der Waals surface area contributed by atoms with E-state index in [1.807, 2.05) is 6.08 Å². The minimum atomic E-state index is -0.488. The van der Waals surface area contributed by atoms with Crippen molar-refractivity contribution < 1.29 is 9.90 Å². The highest BCUT2D eigenvalue weighted by Gasteiger charge is 2.22. The molecule has 0 radical (unpaired) electrons. The van der Waals surface area contributed by atoms with Gasteiger partial charge in [-0.3, -0.25) is 4.79 Å². The number of hydrogen-bond acceptors (Lipinski definition) is 2. The van der Waals surface area contributed by atoms with Gasteiger partial charge >= 0.3 is 0 Å². The van der Waals surface area contributed by atoms with Crippen LogP contribution in [0.15, 0.2) is 12.2 Å². The van der Waals surface area contributed by atoms with Crippen LogP contribution in [0, 0.1) is 5.92 Å². The zero-order valence-electron chi connectivity index (χ0n) is 6.08. The first-order valence-corrected chi connectivity index (χ1v) is 3.60. The number of aliphatic hydroxyl groups excluding tert-OH is 1. The van der Waals surface area contributed by atoms with Gasteiger partial charge in [-0.1, -0.05) is 6.08 Å². The molecule has 0 aromatic rings. The van der Waals surface area contributed by atoms with Crippen LogP contribution in [0.2, 0.25) is 0 Å². The first-order valence-electron chi connectivity index (χ1n) is 3.60. The molecule has 2 heteroatoms. The van der Waals surface area contributed by atoms with E-state index in [9.17, 15) is 4.79 Å². The Morgan fingerprint density at radius 1 is 1.80 bits per heavy atom. The number of carbonyl (C=O) groups is 1. The van der Waals surface area contributed by atoms with Gasteiger partial charge in [0, 0.05) is 5.92 Å². The molecule has 0 aromatic carbocycles. The van der Waals surface area contributed by atoms with E-state index in [-0.39, 0.29) is 11.7 Å². The largest absolute Gasteiger partial charge is 0.393 e. The molecule has 0 heterocycles. The smallest absolute Gasteiger partial charge is 0.161 e. The van der Waals surface area contributed by atoms with E-state index in [4.69, 9.17) is 5.11 Å². The first-order chi connectivity index (χ1) is 4.72. The first kappa shape index (κ1) is 7.48. The van der Waals surface area contributed by atoms with Crippen molar-refractivity contribution in [3.05, 3.63) is 12.2 Å². The van der Waals surface area contributed by atoms with E-state index < -0.39 is 6.10 Å². The van der Waals surface area contributed by atoms with Crippen molar-refractivity contribution in [2.75, 3.05) is 0 Å². The number of carbonyl (C=O) groups excluding carboxylic acids is 1. The molecule has 0 aromatic heterocycles. The molecule has 0 aliphatic heterocycles. The van der Waals surface area contributed by atoms with Crippen LogP contribution < -0.4 is 0 Å². The van der Waals surface area contributed by atoms with Crippen molar-refractivity contribution in [1.29, 1.82) is 0 Å². The molecule has 0 bridgehead atoms. The van der Waals surface area contributed by atoms with Crippen LogP contribution in [0.1, 0.15) is 19.8 Å². The number of aliphatic hydroxyl groups is 1. The Kier molecular flexibility index (Phi) is 2.22. The zero-order valence-corrected chi connectivity index (χ0v) is 6.08. The summed E-state index contributed by atoms with van der Waals surface area (Å²) in [5.74, 6) is -0.0775. The number of allylic oxidation sites excluding steroid dienone is 2. The highest BCUT2D eigenvalue weighted by Crippen LogP contribution is 2.18. The van der Waals surface area contributed by atoms with E-state index in [1.165, 1.54) is 0 Å².